The zero-order valence-corrected chi connectivity index (χ0v) is 21.0. The minimum atomic E-state index is -1.95. The van der Waals surface area contributed by atoms with Crippen LogP contribution < -0.4 is 0 Å². The van der Waals surface area contributed by atoms with Crippen LogP contribution in [0.1, 0.15) is 88.9 Å². The van der Waals surface area contributed by atoms with Gasteiger partial charge in [0.25, 0.3) is 0 Å². The first-order chi connectivity index (χ1) is 13.2. The van der Waals surface area contributed by atoms with Crippen LogP contribution >= 0.6 is 0 Å². The van der Waals surface area contributed by atoms with Crippen molar-refractivity contribution in [1.82, 2.24) is 0 Å². The third kappa shape index (κ3) is 10.6. The van der Waals surface area contributed by atoms with Gasteiger partial charge >= 0.3 is 173 Å². The maximum atomic E-state index is 12.0. The molecule has 0 aromatic heterocycles. The van der Waals surface area contributed by atoms with E-state index in [2.05, 4.69) is 20.8 Å². The molecule has 0 aliphatic heterocycles. The van der Waals surface area contributed by atoms with Gasteiger partial charge in [-0.3, -0.25) is 0 Å². The van der Waals surface area contributed by atoms with Gasteiger partial charge in [0.1, 0.15) is 0 Å². The van der Waals surface area contributed by atoms with Gasteiger partial charge in [0.15, 0.2) is 0 Å². The van der Waals surface area contributed by atoms with E-state index in [4.69, 9.17) is 4.74 Å². The Kier molecular flexibility index (Phi) is 14.0. The molecule has 0 amide bonds. The summed E-state index contributed by atoms with van der Waals surface area (Å²) in [6.07, 6.45) is 12.0. The van der Waals surface area contributed by atoms with Crippen molar-refractivity contribution in [3.05, 3.63) is 35.9 Å². The molecule has 0 fully saturated rings. The second kappa shape index (κ2) is 15.4. The van der Waals surface area contributed by atoms with Crippen LogP contribution in [0.5, 0.6) is 0 Å². The molecule has 1 aromatic carbocycles. The van der Waals surface area contributed by atoms with Crippen molar-refractivity contribution in [2.24, 2.45) is 0 Å². The summed E-state index contributed by atoms with van der Waals surface area (Å²) in [7, 11) is 0. The van der Waals surface area contributed by atoms with Gasteiger partial charge in [0.2, 0.25) is 0 Å². The Hall–Kier alpha value is -0.511. The molecule has 154 valence electrons. The Labute approximate surface area is 172 Å². The molecule has 27 heavy (non-hydrogen) atoms. The van der Waals surface area contributed by atoms with Crippen molar-refractivity contribution >= 4 is 24.3 Å². The number of hydrogen-bond acceptors (Lipinski definition) is 2. The number of ether oxygens (including phenoxy) is 1. The van der Waals surface area contributed by atoms with Crippen LogP contribution in [0.25, 0.3) is 0 Å². The van der Waals surface area contributed by atoms with Gasteiger partial charge in [-0.2, -0.15) is 0 Å². The molecule has 3 heteroatoms. The number of carbonyl (C=O) groups is 1. The summed E-state index contributed by atoms with van der Waals surface area (Å²) in [6, 6.07) is 9.32. The van der Waals surface area contributed by atoms with E-state index in [9.17, 15) is 4.79 Å². The Morgan fingerprint density at radius 2 is 1.26 bits per heavy atom. The minimum absolute atomic E-state index is 0.182. The standard InChI is InChI=1S/C12H15O2.3C4H9.Sn/c1-2-3-7-10-14-12(13)11-8-5-4-6-9-11;3*1-3-4-2;/h4-6,8-9H,1-3,7,10H2;3*1,3-4H2,2H3;. The topological polar surface area (TPSA) is 26.3 Å². The molecule has 0 aliphatic rings. The fraction of sp³-hybridized carbons (Fsp3) is 0.708. The summed E-state index contributed by atoms with van der Waals surface area (Å²) >= 11 is -1.95. The Balaban J connectivity index is 2.36. The fourth-order valence-corrected chi connectivity index (χ4v) is 20.6. The predicted molar refractivity (Wildman–Crippen MR) is 120 cm³/mol. The molecule has 0 aliphatic carbocycles. The van der Waals surface area contributed by atoms with E-state index in [1.807, 2.05) is 30.3 Å². The fourth-order valence-electron chi connectivity index (χ4n) is 4.01. The van der Waals surface area contributed by atoms with Crippen LogP contribution in [0, 0.1) is 0 Å². The predicted octanol–water partition coefficient (Wildman–Crippen LogP) is 7.86. The first kappa shape index (κ1) is 24.5. The van der Waals surface area contributed by atoms with Crippen molar-refractivity contribution in [2.75, 3.05) is 6.61 Å². The van der Waals surface area contributed by atoms with Crippen LogP contribution in [0.15, 0.2) is 30.3 Å². The van der Waals surface area contributed by atoms with Crippen molar-refractivity contribution in [2.45, 2.75) is 96.3 Å². The summed E-state index contributed by atoms with van der Waals surface area (Å²) < 4.78 is 11.8. The average molecular weight is 481 g/mol. The van der Waals surface area contributed by atoms with Crippen molar-refractivity contribution in [1.29, 1.82) is 0 Å². The Morgan fingerprint density at radius 1 is 0.741 bits per heavy atom. The van der Waals surface area contributed by atoms with Gasteiger partial charge < -0.3 is 0 Å². The van der Waals surface area contributed by atoms with Crippen molar-refractivity contribution in [3.8, 4) is 0 Å². The molecule has 0 atom stereocenters. The Bertz CT molecular complexity index is 465. The molecule has 0 saturated carbocycles. The van der Waals surface area contributed by atoms with Crippen LogP contribution in [0.2, 0.25) is 17.7 Å². The molecule has 0 spiro atoms. The quantitative estimate of drug-likeness (QED) is 0.137. The zero-order valence-electron chi connectivity index (χ0n) is 18.1. The third-order valence-corrected chi connectivity index (χ3v) is 21.9. The maximum absolute atomic E-state index is 12.0. The normalized spacial score (nSPS) is 11.5. The van der Waals surface area contributed by atoms with Crippen LogP contribution in [-0.4, -0.2) is 31.0 Å². The van der Waals surface area contributed by atoms with E-state index < -0.39 is 18.4 Å². The number of benzene rings is 1. The molecule has 0 radical (unpaired) electrons. The molecule has 1 aromatic rings. The van der Waals surface area contributed by atoms with Gasteiger partial charge in [-0.15, -0.1) is 0 Å². The van der Waals surface area contributed by atoms with E-state index in [-0.39, 0.29) is 5.97 Å². The molecule has 0 heterocycles. The van der Waals surface area contributed by atoms with E-state index in [0.717, 1.165) is 6.42 Å². The molecule has 0 saturated heterocycles. The monoisotopic (exact) mass is 482 g/mol. The summed E-state index contributed by atoms with van der Waals surface area (Å²) in [5, 5.41) is 0. The van der Waals surface area contributed by atoms with Gasteiger partial charge in [-0.1, -0.05) is 0 Å². The number of carbonyl (C=O) groups excluding carboxylic acids is 1. The van der Waals surface area contributed by atoms with Gasteiger partial charge in [0, 0.05) is 0 Å². The van der Waals surface area contributed by atoms with Gasteiger partial charge in [-0.05, 0) is 0 Å². The summed E-state index contributed by atoms with van der Waals surface area (Å²) in [6.45, 7) is 7.60. The van der Waals surface area contributed by atoms with Gasteiger partial charge in [0.05, 0.1) is 0 Å². The van der Waals surface area contributed by atoms with E-state index in [1.54, 1.807) is 17.7 Å². The van der Waals surface area contributed by atoms with E-state index in [0.29, 0.717) is 12.2 Å². The number of esters is 1. The molecule has 0 bridgehead atoms. The zero-order chi connectivity index (χ0) is 19.8. The van der Waals surface area contributed by atoms with Gasteiger partial charge in [-0.25, -0.2) is 0 Å². The van der Waals surface area contributed by atoms with Crippen LogP contribution in [0.3, 0.4) is 0 Å². The van der Waals surface area contributed by atoms with E-state index in [1.165, 1.54) is 51.4 Å². The molecule has 2 nitrogen and oxygen atoms in total. The summed E-state index contributed by atoms with van der Waals surface area (Å²) in [5.74, 6) is -0.182. The van der Waals surface area contributed by atoms with Crippen molar-refractivity contribution in [3.63, 3.8) is 0 Å². The third-order valence-electron chi connectivity index (χ3n) is 5.78. The second-order valence-corrected chi connectivity index (χ2v) is 22.4. The first-order valence-electron chi connectivity index (χ1n) is 11.4. The SMILES string of the molecule is CCC[CH2][Sn]([CH2]CCC)([CH2]CCC)[CH2]CCCCOC(=O)c1ccccc1. The first-order valence-corrected chi connectivity index (χ1v) is 19.5. The summed E-state index contributed by atoms with van der Waals surface area (Å²) in [4.78, 5) is 12.0. The van der Waals surface area contributed by atoms with Crippen molar-refractivity contribution < 1.29 is 9.53 Å². The molecule has 1 rings (SSSR count). The molecule has 0 unspecified atom stereocenters. The average Bonchev–Trinajstić information content (AvgIpc) is 2.71. The van der Waals surface area contributed by atoms with Crippen LogP contribution in [0.4, 0.5) is 0 Å². The number of unbranched alkanes of at least 4 members (excludes halogenated alkanes) is 5. The molecular weight excluding hydrogens is 439 g/mol. The number of rotatable bonds is 16. The number of hydrogen-bond donors (Lipinski definition) is 0. The molecular formula is C24H42O2Sn. The molecule has 0 N–H and O–H groups in total. The second-order valence-electron chi connectivity index (χ2n) is 8.12. The van der Waals surface area contributed by atoms with Crippen LogP contribution in [-0.2, 0) is 4.74 Å². The Morgan fingerprint density at radius 3 is 1.78 bits per heavy atom. The van der Waals surface area contributed by atoms with E-state index >= 15 is 0 Å². The summed E-state index contributed by atoms with van der Waals surface area (Å²) in [5.41, 5.74) is 0.659.